The summed E-state index contributed by atoms with van der Waals surface area (Å²) in [4.78, 5) is 24.4. The van der Waals surface area contributed by atoms with Gasteiger partial charge in [-0.2, -0.15) is 5.10 Å². The molecule has 0 saturated carbocycles. The fourth-order valence-corrected chi connectivity index (χ4v) is 3.06. The van der Waals surface area contributed by atoms with E-state index in [0.717, 1.165) is 22.6 Å². The summed E-state index contributed by atoms with van der Waals surface area (Å²) in [5, 5.41) is 7.42. The third kappa shape index (κ3) is 4.28. The minimum atomic E-state index is -0.408. The number of esters is 1. The number of hydrogen-bond acceptors (Lipinski definition) is 4. The van der Waals surface area contributed by atoms with E-state index in [1.54, 1.807) is 31.2 Å². The van der Waals surface area contributed by atoms with Crippen LogP contribution in [0.1, 0.15) is 34.2 Å². The molecule has 1 N–H and O–H groups in total. The highest BCUT2D eigenvalue weighted by Crippen LogP contribution is 2.19. The van der Waals surface area contributed by atoms with Crippen LogP contribution in [-0.4, -0.2) is 28.3 Å². The molecule has 28 heavy (non-hydrogen) atoms. The van der Waals surface area contributed by atoms with Crippen LogP contribution in [-0.2, 0) is 16.0 Å². The van der Waals surface area contributed by atoms with E-state index < -0.39 is 5.97 Å². The number of rotatable bonds is 6. The first-order chi connectivity index (χ1) is 13.5. The number of aryl methyl sites for hydroxylation is 1. The van der Waals surface area contributed by atoms with Gasteiger partial charge in [-0.25, -0.2) is 9.48 Å². The third-order valence-corrected chi connectivity index (χ3v) is 4.44. The van der Waals surface area contributed by atoms with Gasteiger partial charge in [-0.1, -0.05) is 24.3 Å². The number of aromatic nitrogens is 2. The molecule has 6 nitrogen and oxygen atoms in total. The van der Waals surface area contributed by atoms with Crippen LogP contribution >= 0.6 is 0 Å². The van der Waals surface area contributed by atoms with Gasteiger partial charge in [0.05, 0.1) is 30.0 Å². The van der Waals surface area contributed by atoms with Crippen LogP contribution in [0.15, 0.2) is 54.6 Å². The molecule has 0 aliphatic carbocycles. The standard InChI is InChI=1S/C22H23N3O3/c1-4-28-22(27)17-9-8-10-18(13-17)23-21(26)14-20-15(2)24-25(16(20)3)19-11-6-5-7-12-19/h5-13H,4,14H2,1-3H3,(H,23,26). The lowest BCUT2D eigenvalue weighted by molar-refractivity contribution is -0.115. The van der Waals surface area contributed by atoms with Gasteiger partial charge in [0.25, 0.3) is 0 Å². The number of carbonyl (C=O) groups is 2. The summed E-state index contributed by atoms with van der Waals surface area (Å²) in [6, 6.07) is 16.5. The first-order valence-electron chi connectivity index (χ1n) is 9.17. The fraction of sp³-hybridized carbons (Fsp3) is 0.227. The number of anilines is 1. The Morgan fingerprint density at radius 2 is 1.82 bits per heavy atom. The SMILES string of the molecule is CCOC(=O)c1cccc(NC(=O)Cc2c(C)nn(-c3ccccc3)c2C)c1. The summed E-state index contributed by atoms with van der Waals surface area (Å²) in [6.45, 7) is 5.91. The van der Waals surface area contributed by atoms with Gasteiger partial charge in [0.2, 0.25) is 5.91 Å². The third-order valence-electron chi connectivity index (χ3n) is 4.44. The Balaban J connectivity index is 1.75. The molecule has 0 atom stereocenters. The molecule has 144 valence electrons. The summed E-state index contributed by atoms with van der Waals surface area (Å²) in [5.41, 5.74) is 4.56. The van der Waals surface area contributed by atoms with Gasteiger partial charge < -0.3 is 10.1 Å². The van der Waals surface area contributed by atoms with Crippen LogP contribution < -0.4 is 5.32 Å². The fourth-order valence-electron chi connectivity index (χ4n) is 3.06. The molecule has 0 spiro atoms. The van der Waals surface area contributed by atoms with Crippen LogP contribution in [0.25, 0.3) is 5.69 Å². The molecule has 6 heteroatoms. The van der Waals surface area contributed by atoms with Crippen LogP contribution in [0.5, 0.6) is 0 Å². The van der Waals surface area contributed by atoms with Crippen molar-refractivity contribution in [2.24, 2.45) is 0 Å². The topological polar surface area (TPSA) is 73.2 Å². The summed E-state index contributed by atoms with van der Waals surface area (Å²) in [5.74, 6) is -0.575. The van der Waals surface area contributed by atoms with Gasteiger partial charge in [-0.3, -0.25) is 4.79 Å². The molecule has 0 aliphatic heterocycles. The average Bonchev–Trinajstić information content (AvgIpc) is 2.97. The molecule has 0 bridgehead atoms. The molecule has 0 radical (unpaired) electrons. The number of nitrogens with zero attached hydrogens (tertiary/aromatic N) is 2. The summed E-state index contributed by atoms with van der Waals surface area (Å²) < 4.78 is 6.84. The number of nitrogens with one attached hydrogen (secondary N) is 1. The molecular weight excluding hydrogens is 354 g/mol. The van der Waals surface area contributed by atoms with Gasteiger partial charge in [0.1, 0.15) is 0 Å². The van der Waals surface area contributed by atoms with Crippen molar-refractivity contribution in [1.29, 1.82) is 0 Å². The highest BCUT2D eigenvalue weighted by Gasteiger charge is 2.16. The Labute approximate surface area is 164 Å². The van der Waals surface area contributed by atoms with E-state index in [-0.39, 0.29) is 12.3 Å². The molecule has 3 aromatic rings. The molecule has 0 unspecified atom stereocenters. The van der Waals surface area contributed by atoms with E-state index in [1.165, 1.54) is 0 Å². The van der Waals surface area contributed by atoms with Crippen LogP contribution in [0.3, 0.4) is 0 Å². The van der Waals surface area contributed by atoms with E-state index in [1.807, 2.05) is 48.9 Å². The van der Waals surface area contributed by atoms with E-state index >= 15 is 0 Å². The smallest absolute Gasteiger partial charge is 0.338 e. The van der Waals surface area contributed by atoms with Gasteiger partial charge in [-0.05, 0) is 51.1 Å². The summed E-state index contributed by atoms with van der Waals surface area (Å²) >= 11 is 0. The van der Waals surface area contributed by atoms with Crippen molar-refractivity contribution in [3.8, 4) is 5.69 Å². The summed E-state index contributed by atoms with van der Waals surface area (Å²) in [6.07, 6.45) is 0.203. The Hall–Kier alpha value is -3.41. The first-order valence-corrected chi connectivity index (χ1v) is 9.17. The molecule has 1 amide bonds. The second kappa shape index (κ2) is 8.52. The van der Waals surface area contributed by atoms with Crippen LogP contribution in [0.2, 0.25) is 0 Å². The minimum absolute atomic E-state index is 0.167. The van der Waals surface area contributed by atoms with E-state index in [4.69, 9.17) is 4.74 Å². The van der Waals surface area contributed by atoms with E-state index in [2.05, 4.69) is 10.4 Å². The Morgan fingerprint density at radius 1 is 1.07 bits per heavy atom. The number of carbonyl (C=O) groups excluding carboxylic acids is 2. The predicted molar refractivity (Wildman–Crippen MR) is 108 cm³/mol. The molecule has 0 aliphatic rings. The molecule has 0 fully saturated rings. The van der Waals surface area contributed by atoms with Crippen LogP contribution in [0.4, 0.5) is 5.69 Å². The van der Waals surface area contributed by atoms with Crippen molar-refractivity contribution in [1.82, 2.24) is 9.78 Å². The monoisotopic (exact) mass is 377 g/mol. The zero-order valence-corrected chi connectivity index (χ0v) is 16.2. The normalized spacial score (nSPS) is 10.5. The van der Waals surface area contributed by atoms with Gasteiger partial charge in [0.15, 0.2) is 0 Å². The maximum Gasteiger partial charge on any atom is 0.338 e. The maximum atomic E-state index is 12.6. The molecular formula is C22H23N3O3. The van der Waals surface area contributed by atoms with Gasteiger partial charge in [0, 0.05) is 16.9 Å². The van der Waals surface area contributed by atoms with Crippen molar-refractivity contribution in [2.45, 2.75) is 27.2 Å². The second-order valence-corrected chi connectivity index (χ2v) is 6.42. The molecule has 1 aromatic heterocycles. The van der Waals surface area contributed by atoms with Crippen molar-refractivity contribution < 1.29 is 14.3 Å². The highest BCUT2D eigenvalue weighted by molar-refractivity contribution is 5.95. The number of ether oxygens (including phenoxy) is 1. The lowest BCUT2D eigenvalue weighted by atomic mass is 10.1. The quantitative estimate of drug-likeness (QED) is 0.662. The number of amides is 1. The summed E-state index contributed by atoms with van der Waals surface area (Å²) in [7, 11) is 0. The van der Waals surface area contributed by atoms with Gasteiger partial charge >= 0.3 is 5.97 Å². The zero-order chi connectivity index (χ0) is 20.1. The lowest BCUT2D eigenvalue weighted by Gasteiger charge is -2.08. The van der Waals surface area contributed by atoms with Crippen molar-refractivity contribution in [3.63, 3.8) is 0 Å². The Kier molecular flexibility index (Phi) is 5.89. The minimum Gasteiger partial charge on any atom is -0.462 e. The molecule has 2 aromatic carbocycles. The molecule has 1 heterocycles. The number of para-hydroxylation sites is 1. The van der Waals surface area contributed by atoms with Crippen molar-refractivity contribution in [3.05, 3.63) is 77.1 Å². The molecule has 0 saturated heterocycles. The van der Waals surface area contributed by atoms with Crippen LogP contribution in [0, 0.1) is 13.8 Å². The van der Waals surface area contributed by atoms with Crippen molar-refractivity contribution in [2.75, 3.05) is 11.9 Å². The second-order valence-electron chi connectivity index (χ2n) is 6.42. The number of hydrogen-bond donors (Lipinski definition) is 1. The zero-order valence-electron chi connectivity index (χ0n) is 16.2. The first kappa shape index (κ1) is 19.4. The van der Waals surface area contributed by atoms with E-state index in [9.17, 15) is 9.59 Å². The highest BCUT2D eigenvalue weighted by atomic mass is 16.5. The number of benzene rings is 2. The predicted octanol–water partition coefficient (Wildman–Crippen LogP) is 3.85. The van der Waals surface area contributed by atoms with E-state index in [0.29, 0.717) is 17.9 Å². The largest absolute Gasteiger partial charge is 0.462 e. The lowest BCUT2D eigenvalue weighted by Crippen LogP contribution is -2.16. The maximum absolute atomic E-state index is 12.6. The average molecular weight is 377 g/mol. The molecule has 3 rings (SSSR count). The van der Waals surface area contributed by atoms with Crippen molar-refractivity contribution >= 4 is 17.6 Å². The Morgan fingerprint density at radius 3 is 2.54 bits per heavy atom. The Bertz CT molecular complexity index is 994. The van der Waals surface area contributed by atoms with Gasteiger partial charge in [-0.15, -0.1) is 0 Å².